The number of rotatable bonds is 4. The van der Waals surface area contributed by atoms with Crippen LogP contribution in [0.4, 0.5) is 16.2 Å². The Bertz CT molecular complexity index is 624. The first kappa shape index (κ1) is 18.2. The van der Waals surface area contributed by atoms with E-state index in [9.17, 15) is 14.7 Å². The Morgan fingerprint density at radius 1 is 1.38 bits per heavy atom. The molecule has 0 radical (unpaired) electrons. The van der Waals surface area contributed by atoms with Gasteiger partial charge in [-0.1, -0.05) is 0 Å². The summed E-state index contributed by atoms with van der Waals surface area (Å²) in [7, 11) is 0. The molecule has 1 aromatic rings. The molecule has 1 aromatic carbocycles. The van der Waals surface area contributed by atoms with Crippen LogP contribution in [0.5, 0.6) is 0 Å². The van der Waals surface area contributed by atoms with Crippen molar-refractivity contribution in [1.82, 2.24) is 0 Å². The normalized spacial score (nSPS) is 15.7. The molecule has 2 amide bonds. The van der Waals surface area contributed by atoms with Crippen LogP contribution in [0.15, 0.2) is 18.2 Å². The molecule has 1 aliphatic rings. The summed E-state index contributed by atoms with van der Waals surface area (Å²) in [5.41, 5.74) is 1.44. The van der Waals surface area contributed by atoms with Crippen molar-refractivity contribution in [2.45, 2.75) is 45.3 Å². The Balaban J connectivity index is 2.20. The summed E-state index contributed by atoms with van der Waals surface area (Å²) in [6.07, 6.45) is -0.758. The van der Waals surface area contributed by atoms with E-state index in [1.165, 1.54) is 0 Å². The van der Waals surface area contributed by atoms with Gasteiger partial charge in [-0.25, -0.2) is 9.69 Å². The fraction of sp³-hybridized carbons (Fsp3) is 0.529. The standard InChI is InChI=1S/C17H24N2O5/c1-17(2,3)24-16(23)19-14-6-5-12(18-9-13(21)10-20)8-11(14)4-7-15(19)22/h5-6,8,13,18,20-21H,4,7,9-10H2,1-3H3. The van der Waals surface area contributed by atoms with E-state index in [4.69, 9.17) is 9.84 Å². The number of carbonyl (C=O) groups is 2. The minimum Gasteiger partial charge on any atom is -0.443 e. The Kier molecular flexibility index (Phi) is 5.46. The van der Waals surface area contributed by atoms with E-state index in [0.717, 1.165) is 16.2 Å². The highest BCUT2D eigenvalue weighted by Crippen LogP contribution is 2.31. The van der Waals surface area contributed by atoms with E-state index in [1.54, 1.807) is 32.9 Å². The number of hydrogen-bond acceptors (Lipinski definition) is 6. The first-order chi connectivity index (χ1) is 11.2. The molecule has 1 unspecified atom stereocenters. The lowest BCUT2D eigenvalue weighted by Crippen LogP contribution is -2.43. The van der Waals surface area contributed by atoms with Crippen molar-refractivity contribution in [1.29, 1.82) is 0 Å². The van der Waals surface area contributed by atoms with Crippen LogP contribution in [0.2, 0.25) is 0 Å². The molecule has 0 aliphatic carbocycles. The number of aliphatic hydroxyl groups excluding tert-OH is 2. The van der Waals surface area contributed by atoms with Crippen molar-refractivity contribution in [3.05, 3.63) is 23.8 Å². The molecule has 0 saturated heterocycles. The molecule has 2 rings (SSSR count). The molecule has 0 bridgehead atoms. The summed E-state index contributed by atoms with van der Waals surface area (Å²) in [6, 6.07) is 5.24. The van der Waals surface area contributed by atoms with Gasteiger partial charge in [-0.2, -0.15) is 0 Å². The van der Waals surface area contributed by atoms with Gasteiger partial charge in [-0.3, -0.25) is 4.79 Å². The molecule has 1 atom stereocenters. The minimum absolute atomic E-state index is 0.212. The monoisotopic (exact) mass is 336 g/mol. The van der Waals surface area contributed by atoms with Gasteiger partial charge in [0.05, 0.1) is 18.4 Å². The molecule has 24 heavy (non-hydrogen) atoms. The fourth-order valence-electron chi connectivity index (χ4n) is 2.41. The smallest absolute Gasteiger partial charge is 0.421 e. The average molecular weight is 336 g/mol. The van der Waals surface area contributed by atoms with Crippen LogP contribution < -0.4 is 10.2 Å². The van der Waals surface area contributed by atoms with E-state index in [2.05, 4.69) is 5.32 Å². The summed E-state index contributed by atoms with van der Waals surface area (Å²) >= 11 is 0. The number of amides is 2. The second kappa shape index (κ2) is 7.19. The van der Waals surface area contributed by atoms with Gasteiger partial charge in [0.25, 0.3) is 0 Å². The molecule has 0 aromatic heterocycles. The lowest BCUT2D eigenvalue weighted by molar-refractivity contribution is -0.118. The number of carbonyl (C=O) groups excluding carboxylic acids is 2. The van der Waals surface area contributed by atoms with Crippen LogP contribution >= 0.6 is 0 Å². The van der Waals surface area contributed by atoms with Gasteiger partial charge >= 0.3 is 6.09 Å². The molecule has 0 saturated carbocycles. The number of nitrogens with zero attached hydrogens (tertiary/aromatic N) is 1. The average Bonchev–Trinajstić information content (AvgIpc) is 2.50. The predicted molar refractivity (Wildman–Crippen MR) is 90.1 cm³/mol. The third-order valence-corrected chi connectivity index (χ3v) is 3.51. The second-order valence-electron chi connectivity index (χ2n) is 6.77. The number of imide groups is 1. The third kappa shape index (κ3) is 4.46. The Morgan fingerprint density at radius 3 is 2.71 bits per heavy atom. The lowest BCUT2D eigenvalue weighted by Gasteiger charge is -2.30. The Hall–Kier alpha value is -2.12. The quantitative estimate of drug-likeness (QED) is 0.773. The molecular formula is C17H24N2O5. The highest BCUT2D eigenvalue weighted by atomic mass is 16.6. The van der Waals surface area contributed by atoms with Crippen molar-refractivity contribution in [3.8, 4) is 0 Å². The van der Waals surface area contributed by atoms with Gasteiger partial charge in [0, 0.05) is 18.7 Å². The molecule has 1 heterocycles. The first-order valence-electron chi connectivity index (χ1n) is 7.93. The zero-order valence-corrected chi connectivity index (χ0v) is 14.2. The zero-order valence-electron chi connectivity index (χ0n) is 14.2. The topological polar surface area (TPSA) is 99.1 Å². The summed E-state index contributed by atoms with van der Waals surface area (Å²) in [5, 5.41) is 21.2. The second-order valence-corrected chi connectivity index (χ2v) is 6.77. The maximum absolute atomic E-state index is 12.3. The van der Waals surface area contributed by atoms with Gasteiger partial charge in [0.1, 0.15) is 5.60 Å². The number of anilines is 2. The fourth-order valence-corrected chi connectivity index (χ4v) is 2.41. The molecule has 7 nitrogen and oxygen atoms in total. The van der Waals surface area contributed by atoms with Crippen molar-refractivity contribution >= 4 is 23.4 Å². The van der Waals surface area contributed by atoms with E-state index >= 15 is 0 Å². The number of benzene rings is 1. The van der Waals surface area contributed by atoms with Gasteiger partial charge < -0.3 is 20.3 Å². The van der Waals surface area contributed by atoms with Gasteiger partial charge in [-0.05, 0) is 51.0 Å². The Morgan fingerprint density at radius 2 is 2.08 bits per heavy atom. The molecule has 0 spiro atoms. The molecule has 7 heteroatoms. The minimum atomic E-state index is -0.846. The predicted octanol–water partition coefficient (Wildman–Crippen LogP) is 1.67. The van der Waals surface area contributed by atoms with Crippen molar-refractivity contribution < 1.29 is 24.5 Å². The van der Waals surface area contributed by atoms with Crippen LogP contribution in [0.25, 0.3) is 0 Å². The van der Waals surface area contributed by atoms with E-state index in [0.29, 0.717) is 12.1 Å². The molecular weight excluding hydrogens is 312 g/mol. The summed E-state index contributed by atoms with van der Waals surface area (Å²) < 4.78 is 5.32. The highest BCUT2D eigenvalue weighted by Gasteiger charge is 2.33. The maximum atomic E-state index is 12.3. The molecule has 0 fully saturated rings. The van der Waals surface area contributed by atoms with Crippen LogP contribution in [0.1, 0.15) is 32.8 Å². The molecule has 132 valence electrons. The number of ether oxygens (including phenoxy) is 1. The van der Waals surface area contributed by atoms with Crippen LogP contribution in [0, 0.1) is 0 Å². The number of fused-ring (bicyclic) bond motifs is 1. The maximum Gasteiger partial charge on any atom is 0.421 e. The van der Waals surface area contributed by atoms with E-state index < -0.39 is 17.8 Å². The summed E-state index contributed by atoms with van der Waals surface area (Å²) in [5.74, 6) is -0.284. The van der Waals surface area contributed by atoms with E-state index in [-0.39, 0.29) is 25.5 Å². The number of aryl methyl sites for hydroxylation is 1. The lowest BCUT2D eigenvalue weighted by atomic mass is 10.0. The third-order valence-electron chi connectivity index (χ3n) is 3.51. The number of nitrogens with one attached hydrogen (secondary N) is 1. The highest BCUT2D eigenvalue weighted by molar-refractivity contribution is 6.14. The summed E-state index contributed by atoms with van der Waals surface area (Å²) in [4.78, 5) is 25.6. The van der Waals surface area contributed by atoms with Crippen LogP contribution in [-0.4, -0.2) is 47.1 Å². The van der Waals surface area contributed by atoms with Gasteiger partial charge in [0.2, 0.25) is 5.91 Å². The zero-order chi connectivity index (χ0) is 17.9. The van der Waals surface area contributed by atoms with Gasteiger partial charge in [0.15, 0.2) is 0 Å². The SMILES string of the molecule is CC(C)(C)OC(=O)N1C(=O)CCc2cc(NCC(O)CO)ccc21. The molecule has 1 aliphatic heterocycles. The largest absolute Gasteiger partial charge is 0.443 e. The first-order valence-corrected chi connectivity index (χ1v) is 7.93. The Labute approximate surface area is 141 Å². The van der Waals surface area contributed by atoms with Crippen molar-refractivity contribution in [2.24, 2.45) is 0 Å². The number of hydrogen-bond donors (Lipinski definition) is 3. The van der Waals surface area contributed by atoms with Crippen molar-refractivity contribution in [2.75, 3.05) is 23.4 Å². The molecule has 3 N–H and O–H groups in total. The summed E-state index contributed by atoms with van der Waals surface area (Å²) in [6.45, 7) is 5.14. The van der Waals surface area contributed by atoms with E-state index in [1.807, 2.05) is 6.07 Å². The van der Waals surface area contributed by atoms with Gasteiger partial charge in [-0.15, -0.1) is 0 Å². The van der Waals surface area contributed by atoms with Crippen molar-refractivity contribution in [3.63, 3.8) is 0 Å². The number of aliphatic hydroxyl groups is 2. The van der Waals surface area contributed by atoms with Crippen LogP contribution in [-0.2, 0) is 16.0 Å². The van der Waals surface area contributed by atoms with Crippen LogP contribution in [0.3, 0.4) is 0 Å².